The fourth-order valence-corrected chi connectivity index (χ4v) is 0.967. The largest absolute Gasteiger partial charge is 0.574 e. The van der Waals surface area contributed by atoms with Crippen molar-refractivity contribution >= 4 is 11.6 Å². The summed E-state index contributed by atoms with van der Waals surface area (Å²) in [4.78, 5) is 0. The lowest BCUT2D eigenvalue weighted by atomic mass is 10.6. The zero-order valence-electron chi connectivity index (χ0n) is 6.60. The van der Waals surface area contributed by atoms with Gasteiger partial charge in [0.15, 0.2) is 0 Å². The fraction of sp³-hybridized carbons (Fsp3) is 0.500. The van der Waals surface area contributed by atoms with Gasteiger partial charge in [0, 0.05) is 6.54 Å². The summed E-state index contributed by atoms with van der Waals surface area (Å²) in [6.45, 7) is 1.89. The first-order valence-corrected chi connectivity index (χ1v) is 3.79. The molecule has 7 heteroatoms. The fourth-order valence-electron chi connectivity index (χ4n) is 0.788. The molecule has 0 saturated heterocycles. The molecule has 3 nitrogen and oxygen atoms in total. The number of alkyl halides is 3. The highest BCUT2D eigenvalue weighted by Gasteiger charge is 2.33. The van der Waals surface area contributed by atoms with Crippen LogP contribution in [0.3, 0.4) is 0 Å². The number of ether oxygens (including phenoxy) is 1. The van der Waals surface area contributed by atoms with E-state index < -0.39 is 12.2 Å². The Kier molecular flexibility index (Phi) is 2.70. The van der Waals surface area contributed by atoms with E-state index in [-0.39, 0.29) is 11.6 Å². The Morgan fingerprint density at radius 1 is 1.62 bits per heavy atom. The van der Waals surface area contributed by atoms with Gasteiger partial charge < -0.3 is 4.74 Å². The monoisotopic (exact) mass is 214 g/mol. The molecule has 0 saturated carbocycles. The zero-order chi connectivity index (χ0) is 10.1. The topological polar surface area (TPSA) is 27.1 Å². The van der Waals surface area contributed by atoms with Crippen molar-refractivity contribution < 1.29 is 17.9 Å². The molecular weight excluding hydrogens is 209 g/mol. The summed E-state index contributed by atoms with van der Waals surface area (Å²) in [7, 11) is 0. The first kappa shape index (κ1) is 10.2. The second kappa shape index (κ2) is 3.45. The Morgan fingerprint density at radius 2 is 2.23 bits per heavy atom. The molecule has 0 aliphatic carbocycles. The summed E-state index contributed by atoms with van der Waals surface area (Å²) >= 11 is 5.42. The van der Waals surface area contributed by atoms with Crippen LogP contribution in [-0.4, -0.2) is 16.1 Å². The smallest absolute Gasteiger partial charge is 0.386 e. The second-order valence-electron chi connectivity index (χ2n) is 2.16. The lowest BCUT2D eigenvalue weighted by molar-refractivity contribution is -0.277. The summed E-state index contributed by atoms with van der Waals surface area (Å²) in [5, 5.41) is 3.42. The van der Waals surface area contributed by atoms with Gasteiger partial charge in [0.25, 0.3) is 0 Å². The van der Waals surface area contributed by atoms with E-state index in [4.69, 9.17) is 11.6 Å². The van der Waals surface area contributed by atoms with Crippen LogP contribution in [0.2, 0.25) is 5.02 Å². The highest BCUT2D eigenvalue weighted by Crippen LogP contribution is 2.29. The molecule has 74 valence electrons. The van der Waals surface area contributed by atoms with E-state index in [9.17, 15) is 13.2 Å². The Morgan fingerprint density at radius 3 is 2.69 bits per heavy atom. The predicted octanol–water partition coefficient (Wildman–Crippen LogP) is 2.46. The maximum Gasteiger partial charge on any atom is 0.574 e. The second-order valence-corrected chi connectivity index (χ2v) is 2.57. The van der Waals surface area contributed by atoms with Gasteiger partial charge in [-0.05, 0) is 6.92 Å². The van der Waals surface area contributed by atoms with Crippen molar-refractivity contribution in [3.63, 3.8) is 0 Å². The lowest BCUT2D eigenvalue weighted by Crippen LogP contribution is -2.19. The molecule has 1 aromatic rings. The molecule has 0 spiro atoms. The molecule has 0 bridgehead atoms. The molecule has 0 unspecified atom stereocenters. The average Bonchev–Trinajstić information content (AvgIpc) is 2.30. The highest BCUT2D eigenvalue weighted by molar-refractivity contribution is 6.31. The predicted molar refractivity (Wildman–Crippen MR) is 39.6 cm³/mol. The number of halogens is 4. The lowest BCUT2D eigenvalue weighted by Gasteiger charge is -2.09. The summed E-state index contributed by atoms with van der Waals surface area (Å²) < 4.78 is 40.1. The SMILES string of the molecule is CCn1ncc(Cl)c1OC(F)(F)F. The van der Waals surface area contributed by atoms with Crippen molar-refractivity contribution in [1.29, 1.82) is 0 Å². The number of aromatic nitrogens is 2. The van der Waals surface area contributed by atoms with Crippen molar-refractivity contribution in [3.8, 4) is 5.88 Å². The minimum atomic E-state index is -4.74. The summed E-state index contributed by atoms with van der Waals surface area (Å²) in [5.74, 6) is -0.475. The van der Waals surface area contributed by atoms with Crippen LogP contribution >= 0.6 is 11.6 Å². The minimum absolute atomic E-state index is 0.154. The van der Waals surface area contributed by atoms with E-state index in [2.05, 4.69) is 9.84 Å². The molecule has 13 heavy (non-hydrogen) atoms. The van der Waals surface area contributed by atoms with Gasteiger partial charge in [0.1, 0.15) is 5.02 Å². The molecule has 1 rings (SSSR count). The van der Waals surface area contributed by atoms with Crippen LogP contribution < -0.4 is 4.74 Å². The number of rotatable bonds is 2. The van der Waals surface area contributed by atoms with Gasteiger partial charge in [0.05, 0.1) is 6.20 Å². The van der Waals surface area contributed by atoms with Crippen molar-refractivity contribution in [2.45, 2.75) is 19.8 Å². The third-order valence-electron chi connectivity index (χ3n) is 1.26. The Balaban J connectivity index is 2.92. The molecule has 0 N–H and O–H groups in total. The van der Waals surface area contributed by atoms with Crippen molar-refractivity contribution in [1.82, 2.24) is 9.78 Å². The van der Waals surface area contributed by atoms with Crippen molar-refractivity contribution in [2.24, 2.45) is 0 Å². The maximum atomic E-state index is 11.8. The van der Waals surface area contributed by atoms with Crippen LogP contribution in [0.4, 0.5) is 13.2 Å². The van der Waals surface area contributed by atoms with Gasteiger partial charge in [-0.25, -0.2) is 4.68 Å². The third-order valence-corrected chi connectivity index (χ3v) is 1.52. The van der Waals surface area contributed by atoms with E-state index in [1.54, 1.807) is 6.92 Å². The van der Waals surface area contributed by atoms with E-state index in [1.165, 1.54) is 0 Å². The Labute approximate surface area is 77.0 Å². The normalized spacial score (nSPS) is 11.8. The molecular formula is C6H6ClF3N2O. The molecule has 0 fully saturated rings. The molecule has 0 aliphatic heterocycles. The van der Waals surface area contributed by atoms with Crippen LogP contribution in [0.1, 0.15) is 6.92 Å². The molecule has 0 aliphatic rings. The van der Waals surface area contributed by atoms with E-state index in [0.29, 0.717) is 0 Å². The third kappa shape index (κ3) is 2.51. The van der Waals surface area contributed by atoms with Crippen LogP contribution in [-0.2, 0) is 6.54 Å². The van der Waals surface area contributed by atoms with Gasteiger partial charge in [-0.1, -0.05) is 11.6 Å². The average molecular weight is 215 g/mol. The van der Waals surface area contributed by atoms with Gasteiger partial charge in [0.2, 0.25) is 5.88 Å². The molecule has 0 atom stereocenters. The summed E-state index contributed by atoms with van der Waals surface area (Å²) in [6.07, 6.45) is -3.64. The van der Waals surface area contributed by atoms with E-state index >= 15 is 0 Å². The number of hydrogen-bond donors (Lipinski definition) is 0. The summed E-state index contributed by atoms with van der Waals surface area (Å²) in [5.41, 5.74) is 0. The number of aryl methyl sites for hydroxylation is 1. The maximum absolute atomic E-state index is 11.8. The molecule has 1 heterocycles. The number of nitrogens with zero attached hydrogens (tertiary/aromatic N) is 2. The van der Waals surface area contributed by atoms with E-state index in [0.717, 1.165) is 10.9 Å². The van der Waals surface area contributed by atoms with Crippen molar-refractivity contribution in [3.05, 3.63) is 11.2 Å². The Bertz CT molecular complexity index is 297. The minimum Gasteiger partial charge on any atom is -0.386 e. The summed E-state index contributed by atoms with van der Waals surface area (Å²) in [6, 6.07) is 0. The van der Waals surface area contributed by atoms with Gasteiger partial charge >= 0.3 is 6.36 Å². The molecule has 0 aromatic carbocycles. The van der Waals surface area contributed by atoms with Crippen LogP contribution in [0.25, 0.3) is 0 Å². The molecule has 0 radical (unpaired) electrons. The van der Waals surface area contributed by atoms with Crippen molar-refractivity contribution in [2.75, 3.05) is 0 Å². The van der Waals surface area contributed by atoms with Gasteiger partial charge in [-0.2, -0.15) is 5.10 Å². The van der Waals surface area contributed by atoms with Crippen LogP contribution in [0.5, 0.6) is 5.88 Å². The quantitative estimate of drug-likeness (QED) is 0.756. The zero-order valence-corrected chi connectivity index (χ0v) is 7.35. The van der Waals surface area contributed by atoms with E-state index in [1.807, 2.05) is 0 Å². The Hall–Kier alpha value is -0.910. The standard InChI is InChI=1S/C6H6ClF3N2O/c1-2-12-5(4(7)3-11-12)13-6(8,9)10/h3H,2H2,1H3. The van der Waals surface area contributed by atoms with Gasteiger partial charge in [-0.15, -0.1) is 13.2 Å². The molecule has 1 aromatic heterocycles. The van der Waals surface area contributed by atoms with Crippen LogP contribution in [0.15, 0.2) is 6.20 Å². The van der Waals surface area contributed by atoms with Gasteiger partial charge in [-0.3, -0.25) is 0 Å². The van der Waals surface area contributed by atoms with Crippen LogP contribution in [0, 0.1) is 0 Å². The number of hydrogen-bond acceptors (Lipinski definition) is 2. The first-order valence-electron chi connectivity index (χ1n) is 3.41. The molecule has 0 amide bonds. The highest BCUT2D eigenvalue weighted by atomic mass is 35.5. The first-order chi connectivity index (χ1) is 5.94.